The number of fused-ring (bicyclic) bond motifs is 1. The van der Waals surface area contributed by atoms with Gasteiger partial charge in [0.1, 0.15) is 11.6 Å². The van der Waals surface area contributed by atoms with Crippen LogP contribution < -0.4 is 5.32 Å². The van der Waals surface area contributed by atoms with Crippen LogP contribution >= 0.6 is 35.0 Å². The first-order valence-corrected chi connectivity index (χ1v) is 12.4. The molecule has 1 unspecified atom stereocenters. The molecule has 4 aromatic rings. The summed E-state index contributed by atoms with van der Waals surface area (Å²) < 4.78 is 11.4. The zero-order chi connectivity index (χ0) is 24.3. The number of alkyl carbamates (subject to hydrolysis) is 1. The number of para-hydroxylation sites is 1. The van der Waals surface area contributed by atoms with Gasteiger partial charge in [-0.3, -0.25) is 0 Å². The minimum Gasteiger partial charge on any atom is -0.444 e. The fraction of sp³-hybridized carbons (Fsp3) is 0.292. The van der Waals surface area contributed by atoms with Crippen LogP contribution in [0, 0.1) is 0 Å². The van der Waals surface area contributed by atoms with Crippen LogP contribution in [0.5, 0.6) is 0 Å². The van der Waals surface area contributed by atoms with E-state index in [-0.39, 0.29) is 5.89 Å². The van der Waals surface area contributed by atoms with E-state index in [0.29, 0.717) is 27.4 Å². The summed E-state index contributed by atoms with van der Waals surface area (Å²) in [4.78, 5) is 15.8. The van der Waals surface area contributed by atoms with Gasteiger partial charge in [-0.1, -0.05) is 59.2 Å². The monoisotopic (exact) mass is 518 g/mol. The smallest absolute Gasteiger partial charge is 0.408 e. The molecule has 0 spiro atoms. The number of H-pyrrole nitrogens is 1. The Labute approximate surface area is 211 Å². The average Bonchev–Trinajstić information content (AvgIpc) is 3.39. The van der Waals surface area contributed by atoms with Gasteiger partial charge >= 0.3 is 6.09 Å². The number of amides is 1. The van der Waals surface area contributed by atoms with E-state index < -0.39 is 17.7 Å². The van der Waals surface area contributed by atoms with Crippen molar-refractivity contribution in [3.05, 3.63) is 75.7 Å². The van der Waals surface area contributed by atoms with Crippen molar-refractivity contribution in [1.29, 1.82) is 0 Å². The number of rotatable bonds is 7. The van der Waals surface area contributed by atoms with Crippen LogP contribution in [0.3, 0.4) is 0 Å². The second kappa shape index (κ2) is 10.3. The van der Waals surface area contributed by atoms with E-state index in [2.05, 4.69) is 20.5 Å². The van der Waals surface area contributed by atoms with E-state index >= 15 is 0 Å². The largest absolute Gasteiger partial charge is 0.444 e. The third-order valence-electron chi connectivity index (χ3n) is 4.91. The van der Waals surface area contributed by atoms with Gasteiger partial charge in [0.25, 0.3) is 5.22 Å². The zero-order valence-electron chi connectivity index (χ0n) is 18.9. The third kappa shape index (κ3) is 6.05. The molecule has 1 atom stereocenters. The highest BCUT2D eigenvalue weighted by Crippen LogP contribution is 2.32. The quantitative estimate of drug-likeness (QED) is 0.257. The highest BCUT2D eigenvalue weighted by atomic mass is 35.5. The predicted octanol–water partition coefficient (Wildman–Crippen LogP) is 6.96. The highest BCUT2D eigenvalue weighted by molar-refractivity contribution is 7.98. The van der Waals surface area contributed by atoms with E-state index in [1.165, 1.54) is 11.8 Å². The number of ether oxygens (including phenoxy) is 1. The molecule has 34 heavy (non-hydrogen) atoms. The summed E-state index contributed by atoms with van der Waals surface area (Å²) in [5.74, 6) is 0.746. The highest BCUT2D eigenvalue weighted by Gasteiger charge is 2.26. The van der Waals surface area contributed by atoms with Gasteiger partial charge in [0.2, 0.25) is 5.89 Å². The van der Waals surface area contributed by atoms with E-state index in [0.717, 1.165) is 22.0 Å². The molecule has 0 saturated carbocycles. The zero-order valence-corrected chi connectivity index (χ0v) is 21.2. The summed E-state index contributed by atoms with van der Waals surface area (Å²) in [6.07, 6.45) is 1.79. The number of aromatic nitrogens is 3. The molecule has 2 heterocycles. The van der Waals surface area contributed by atoms with Crippen LogP contribution in [0.2, 0.25) is 10.0 Å². The molecule has 7 nitrogen and oxygen atoms in total. The number of carbonyl (C=O) groups is 1. The molecule has 10 heteroatoms. The summed E-state index contributed by atoms with van der Waals surface area (Å²) in [5.41, 5.74) is 2.16. The molecule has 0 aliphatic rings. The molecule has 1 amide bonds. The Morgan fingerprint density at radius 2 is 1.88 bits per heavy atom. The van der Waals surface area contributed by atoms with Crippen LogP contribution in [-0.4, -0.2) is 26.9 Å². The van der Waals surface area contributed by atoms with Crippen molar-refractivity contribution in [2.24, 2.45) is 0 Å². The summed E-state index contributed by atoms with van der Waals surface area (Å²) in [5, 5.41) is 13.8. The molecular formula is C24H24Cl2N4O3S. The van der Waals surface area contributed by atoms with Crippen molar-refractivity contribution < 1.29 is 13.9 Å². The first-order valence-electron chi connectivity index (χ1n) is 10.6. The number of thioether (sulfide) groups is 1. The standard InChI is InChI=1S/C24H24Cl2N4O3S/c1-24(2,3)33-22(31)28-20(11-14-12-27-19-10-5-4-7-15(14)19)21-29-30-23(32-21)34-13-16-17(25)8-6-9-18(16)26/h4-10,12,20,27H,11,13H2,1-3H3,(H,28,31). The van der Waals surface area contributed by atoms with Gasteiger partial charge in [-0.15, -0.1) is 10.2 Å². The van der Waals surface area contributed by atoms with Gasteiger partial charge in [-0.25, -0.2) is 4.79 Å². The molecule has 2 aromatic heterocycles. The summed E-state index contributed by atoms with van der Waals surface area (Å²) in [6.45, 7) is 5.42. The average molecular weight is 519 g/mol. The van der Waals surface area contributed by atoms with Crippen molar-refractivity contribution in [3.63, 3.8) is 0 Å². The molecule has 2 aromatic carbocycles. The second-order valence-electron chi connectivity index (χ2n) is 8.66. The summed E-state index contributed by atoms with van der Waals surface area (Å²) in [6, 6.07) is 12.7. The molecule has 2 N–H and O–H groups in total. The first kappa shape index (κ1) is 24.4. The van der Waals surface area contributed by atoms with Crippen LogP contribution in [-0.2, 0) is 16.9 Å². The van der Waals surface area contributed by atoms with Crippen molar-refractivity contribution in [1.82, 2.24) is 20.5 Å². The molecule has 0 bridgehead atoms. The second-order valence-corrected chi connectivity index (χ2v) is 10.4. The topological polar surface area (TPSA) is 93.0 Å². The first-order chi connectivity index (χ1) is 16.2. The number of benzene rings is 2. The maximum Gasteiger partial charge on any atom is 0.408 e. The lowest BCUT2D eigenvalue weighted by Gasteiger charge is -2.22. The number of nitrogens with zero attached hydrogens (tertiary/aromatic N) is 2. The van der Waals surface area contributed by atoms with Crippen LogP contribution in [0.15, 0.2) is 58.3 Å². The van der Waals surface area contributed by atoms with E-state index in [1.54, 1.807) is 18.2 Å². The summed E-state index contributed by atoms with van der Waals surface area (Å²) in [7, 11) is 0. The van der Waals surface area contributed by atoms with Crippen LogP contribution in [0.1, 0.15) is 43.8 Å². The van der Waals surface area contributed by atoms with E-state index in [9.17, 15) is 4.79 Å². The molecule has 0 fully saturated rings. The number of carbonyl (C=O) groups excluding carboxylic acids is 1. The number of hydrogen-bond donors (Lipinski definition) is 2. The van der Waals surface area contributed by atoms with Crippen molar-refractivity contribution in [2.75, 3.05) is 0 Å². The molecular weight excluding hydrogens is 495 g/mol. The number of aromatic amines is 1. The van der Waals surface area contributed by atoms with Crippen LogP contribution in [0.4, 0.5) is 4.79 Å². The van der Waals surface area contributed by atoms with Crippen molar-refractivity contribution in [3.8, 4) is 0 Å². The van der Waals surface area contributed by atoms with Gasteiger partial charge < -0.3 is 19.5 Å². The predicted molar refractivity (Wildman–Crippen MR) is 134 cm³/mol. The van der Waals surface area contributed by atoms with Gasteiger partial charge in [0, 0.05) is 39.3 Å². The Morgan fingerprint density at radius 3 is 2.62 bits per heavy atom. The molecule has 178 valence electrons. The van der Waals surface area contributed by atoms with Gasteiger partial charge in [0.05, 0.1) is 0 Å². The number of halogens is 2. The SMILES string of the molecule is CC(C)(C)OC(=O)NC(Cc1c[nH]c2ccccc12)c1nnc(SCc2c(Cl)cccc2Cl)o1. The molecule has 0 aliphatic heterocycles. The van der Waals surface area contributed by atoms with Crippen molar-refractivity contribution >= 4 is 52.0 Å². The Kier molecular flexibility index (Phi) is 7.40. The fourth-order valence-electron chi connectivity index (χ4n) is 3.39. The van der Waals surface area contributed by atoms with Gasteiger partial charge in [0.15, 0.2) is 0 Å². The maximum absolute atomic E-state index is 12.6. The fourth-order valence-corrected chi connectivity index (χ4v) is 4.91. The lowest BCUT2D eigenvalue weighted by Crippen LogP contribution is -2.36. The normalized spacial score (nSPS) is 12.6. The minimum atomic E-state index is -0.639. The molecule has 0 saturated heterocycles. The Balaban J connectivity index is 1.55. The lowest BCUT2D eigenvalue weighted by atomic mass is 10.1. The summed E-state index contributed by atoms with van der Waals surface area (Å²) >= 11 is 13.8. The third-order valence-corrected chi connectivity index (χ3v) is 6.46. The Bertz CT molecular complexity index is 1280. The Hall–Kier alpha value is -2.68. The molecule has 0 radical (unpaired) electrons. The minimum absolute atomic E-state index is 0.281. The number of hydrogen-bond acceptors (Lipinski definition) is 6. The van der Waals surface area contributed by atoms with E-state index in [4.69, 9.17) is 32.4 Å². The van der Waals surface area contributed by atoms with Crippen LogP contribution in [0.25, 0.3) is 10.9 Å². The van der Waals surface area contributed by atoms with Crippen molar-refractivity contribution in [2.45, 2.75) is 49.8 Å². The van der Waals surface area contributed by atoms with Gasteiger partial charge in [-0.2, -0.15) is 0 Å². The lowest BCUT2D eigenvalue weighted by molar-refractivity contribution is 0.0494. The Morgan fingerprint density at radius 1 is 1.15 bits per heavy atom. The van der Waals surface area contributed by atoms with E-state index in [1.807, 2.05) is 51.2 Å². The number of nitrogens with one attached hydrogen (secondary N) is 2. The maximum atomic E-state index is 12.6. The molecule has 0 aliphatic carbocycles. The van der Waals surface area contributed by atoms with Gasteiger partial charge in [-0.05, 0) is 50.1 Å². The molecule has 4 rings (SSSR count).